The Morgan fingerprint density at radius 3 is 2.58 bits per heavy atom. The van der Waals surface area contributed by atoms with Gasteiger partial charge in [-0.25, -0.2) is 8.42 Å². The number of nitrogens with two attached hydrogens (primary N) is 1. The van der Waals surface area contributed by atoms with E-state index < -0.39 is 9.84 Å². The molecule has 0 unspecified atom stereocenters. The van der Waals surface area contributed by atoms with Gasteiger partial charge in [0.15, 0.2) is 9.84 Å². The standard InChI is InChI=1S/C8H11NO2S/c1-2-12(10,11)8-5-3-4-7(9)6-8/h3-6H,2,9H2,1H3. The molecule has 0 atom stereocenters. The van der Waals surface area contributed by atoms with Crippen molar-refractivity contribution >= 4 is 15.5 Å². The summed E-state index contributed by atoms with van der Waals surface area (Å²) in [5.41, 5.74) is 5.92. The second-order valence-corrected chi connectivity index (χ2v) is 4.75. The van der Waals surface area contributed by atoms with Gasteiger partial charge in [0, 0.05) is 5.69 Å². The molecule has 0 radical (unpaired) electrons. The Labute approximate surface area is 72.1 Å². The Bertz CT molecular complexity index is 370. The Morgan fingerprint density at radius 2 is 2.08 bits per heavy atom. The minimum atomic E-state index is -3.10. The zero-order valence-electron chi connectivity index (χ0n) is 6.82. The van der Waals surface area contributed by atoms with E-state index in [0.29, 0.717) is 10.6 Å². The number of hydrogen-bond donors (Lipinski definition) is 1. The SMILES string of the molecule is CCS(=O)(=O)c1cccc(N)c1. The van der Waals surface area contributed by atoms with Crippen LogP contribution in [0.2, 0.25) is 0 Å². The Hall–Kier alpha value is -1.03. The maximum absolute atomic E-state index is 11.3. The third kappa shape index (κ3) is 1.76. The van der Waals surface area contributed by atoms with Crippen LogP contribution in [0.1, 0.15) is 6.92 Å². The van der Waals surface area contributed by atoms with Crippen LogP contribution in [0, 0.1) is 0 Å². The van der Waals surface area contributed by atoms with Gasteiger partial charge in [-0.1, -0.05) is 13.0 Å². The molecule has 0 amide bonds. The third-order valence-corrected chi connectivity index (χ3v) is 3.33. The lowest BCUT2D eigenvalue weighted by atomic mass is 10.3. The van der Waals surface area contributed by atoms with E-state index >= 15 is 0 Å². The number of rotatable bonds is 2. The first-order chi connectivity index (χ1) is 5.56. The third-order valence-electron chi connectivity index (χ3n) is 1.60. The zero-order valence-corrected chi connectivity index (χ0v) is 7.64. The molecule has 2 N–H and O–H groups in total. The molecular weight excluding hydrogens is 174 g/mol. The van der Waals surface area contributed by atoms with Crippen molar-refractivity contribution in [2.24, 2.45) is 0 Å². The monoisotopic (exact) mass is 185 g/mol. The minimum Gasteiger partial charge on any atom is -0.399 e. The zero-order chi connectivity index (χ0) is 9.19. The van der Waals surface area contributed by atoms with Crippen molar-refractivity contribution in [3.05, 3.63) is 24.3 Å². The lowest BCUT2D eigenvalue weighted by Gasteiger charge is -2.00. The van der Waals surface area contributed by atoms with Crippen molar-refractivity contribution in [2.75, 3.05) is 11.5 Å². The summed E-state index contributed by atoms with van der Waals surface area (Å²) in [6.07, 6.45) is 0. The first-order valence-corrected chi connectivity index (χ1v) is 5.30. The van der Waals surface area contributed by atoms with Gasteiger partial charge >= 0.3 is 0 Å². The van der Waals surface area contributed by atoms with Crippen LogP contribution >= 0.6 is 0 Å². The Morgan fingerprint density at radius 1 is 1.42 bits per heavy atom. The van der Waals surface area contributed by atoms with Gasteiger partial charge in [-0.3, -0.25) is 0 Å². The first kappa shape index (κ1) is 9.06. The molecule has 0 fully saturated rings. The van der Waals surface area contributed by atoms with Crippen LogP contribution in [0.5, 0.6) is 0 Å². The molecule has 66 valence electrons. The number of hydrogen-bond acceptors (Lipinski definition) is 3. The van der Waals surface area contributed by atoms with Gasteiger partial charge in [-0.15, -0.1) is 0 Å². The quantitative estimate of drug-likeness (QED) is 0.701. The van der Waals surface area contributed by atoms with Crippen LogP contribution in [0.25, 0.3) is 0 Å². The second kappa shape index (κ2) is 3.15. The molecule has 0 aliphatic rings. The Kier molecular flexibility index (Phi) is 2.38. The number of nitrogen functional groups attached to an aromatic ring is 1. The summed E-state index contributed by atoms with van der Waals surface area (Å²) in [4.78, 5) is 0.296. The second-order valence-electron chi connectivity index (χ2n) is 2.48. The first-order valence-electron chi connectivity index (χ1n) is 3.64. The molecule has 1 aromatic rings. The van der Waals surface area contributed by atoms with Crippen LogP contribution < -0.4 is 5.73 Å². The van der Waals surface area contributed by atoms with Crippen molar-refractivity contribution in [3.8, 4) is 0 Å². The summed E-state index contributed by atoms with van der Waals surface area (Å²) in [7, 11) is -3.10. The van der Waals surface area contributed by atoms with Crippen molar-refractivity contribution in [2.45, 2.75) is 11.8 Å². The molecule has 12 heavy (non-hydrogen) atoms. The molecule has 1 rings (SSSR count). The van der Waals surface area contributed by atoms with E-state index in [4.69, 9.17) is 5.73 Å². The van der Waals surface area contributed by atoms with E-state index in [1.165, 1.54) is 6.07 Å². The van der Waals surface area contributed by atoms with Crippen LogP contribution in [0.3, 0.4) is 0 Å². The van der Waals surface area contributed by atoms with Gasteiger partial charge in [-0.05, 0) is 18.2 Å². The van der Waals surface area contributed by atoms with Gasteiger partial charge in [0.2, 0.25) is 0 Å². The van der Waals surface area contributed by atoms with Crippen molar-refractivity contribution in [3.63, 3.8) is 0 Å². The predicted molar refractivity (Wildman–Crippen MR) is 48.6 cm³/mol. The fourth-order valence-corrected chi connectivity index (χ4v) is 1.81. The highest BCUT2D eigenvalue weighted by molar-refractivity contribution is 7.91. The van der Waals surface area contributed by atoms with E-state index in [0.717, 1.165) is 0 Å². The molecule has 0 bridgehead atoms. The van der Waals surface area contributed by atoms with Crippen molar-refractivity contribution in [1.29, 1.82) is 0 Å². The average molecular weight is 185 g/mol. The number of anilines is 1. The fraction of sp³-hybridized carbons (Fsp3) is 0.250. The number of benzene rings is 1. The smallest absolute Gasteiger partial charge is 0.178 e. The summed E-state index contributed by atoms with van der Waals surface area (Å²) in [5, 5.41) is 0. The maximum Gasteiger partial charge on any atom is 0.178 e. The average Bonchev–Trinajstić information content (AvgIpc) is 2.05. The van der Waals surface area contributed by atoms with Gasteiger partial charge in [0.1, 0.15) is 0 Å². The topological polar surface area (TPSA) is 60.2 Å². The molecule has 0 saturated carbocycles. The van der Waals surface area contributed by atoms with Crippen molar-refractivity contribution in [1.82, 2.24) is 0 Å². The lowest BCUT2D eigenvalue weighted by Crippen LogP contribution is -2.03. The highest BCUT2D eigenvalue weighted by atomic mass is 32.2. The minimum absolute atomic E-state index is 0.108. The predicted octanol–water partition coefficient (Wildman–Crippen LogP) is 1.06. The van der Waals surface area contributed by atoms with E-state index in [1.54, 1.807) is 25.1 Å². The molecule has 0 aromatic heterocycles. The number of sulfone groups is 1. The molecule has 0 aliphatic heterocycles. The van der Waals surface area contributed by atoms with Gasteiger partial charge < -0.3 is 5.73 Å². The fourth-order valence-electron chi connectivity index (χ4n) is 0.875. The molecule has 3 nitrogen and oxygen atoms in total. The molecule has 0 aliphatic carbocycles. The highest BCUT2D eigenvalue weighted by Gasteiger charge is 2.10. The summed E-state index contributed by atoms with van der Waals surface area (Å²) in [6.45, 7) is 1.61. The van der Waals surface area contributed by atoms with Crippen LogP contribution in [0.15, 0.2) is 29.2 Å². The lowest BCUT2D eigenvalue weighted by molar-refractivity contribution is 0.597. The summed E-state index contributed by atoms with van der Waals surface area (Å²) < 4.78 is 22.6. The van der Waals surface area contributed by atoms with E-state index in [-0.39, 0.29) is 5.75 Å². The molecule has 1 aromatic carbocycles. The van der Waals surface area contributed by atoms with E-state index in [9.17, 15) is 8.42 Å². The largest absolute Gasteiger partial charge is 0.399 e. The van der Waals surface area contributed by atoms with E-state index in [1.807, 2.05) is 0 Å². The molecular formula is C8H11NO2S. The van der Waals surface area contributed by atoms with E-state index in [2.05, 4.69) is 0 Å². The highest BCUT2D eigenvalue weighted by Crippen LogP contribution is 2.13. The van der Waals surface area contributed by atoms with Crippen LogP contribution in [-0.4, -0.2) is 14.2 Å². The molecule has 0 spiro atoms. The van der Waals surface area contributed by atoms with Gasteiger partial charge in [0.25, 0.3) is 0 Å². The summed E-state index contributed by atoms with van der Waals surface area (Å²) in [6, 6.07) is 6.32. The summed E-state index contributed by atoms with van der Waals surface area (Å²) >= 11 is 0. The van der Waals surface area contributed by atoms with Gasteiger partial charge in [0.05, 0.1) is 10.6 Å². The molecule has 0 heterocycles. The van der Waals surface area contributed by atoms with Crippen LogP contribution in [0.4, 0.5) is 5.69 Å². The van der Waals surface area contributed by atoms with Crippen LogP contribution in [-0.2, 0) is 9.84 Å². The summed E-state index contributed by atoms with van der Waals surface area (Å²) in [5.74, 6) is 0.108. The molecule has 4 heteroatoms. The van der Waals surface area contributed by atoms with Gasteiger partial charge in [-0.2, -0.15) is 0 Å². The Balaban J connectivity index is 3.21. The molecule has 0 saturated heterocycles. The maximum atomic E-state index is 11.3. The van der Waals surface area contributed by atoms with Crippen molar-refractivity contribution < 1.29 is 8.42 Å². The normalized spacial score (nSPS) is 11.4.